The Morgan fingerprint density at radius 1 is 1.50 bits per heavy atom. The highest BCUT2D eigenvalue weighted by molar-refractivity contribution is 9.10. The zero-order valence-electron chi connectivity index (χ0n) is 12.2. The lowest BCUT2D eigenvalue weighted by Crippen LogP contribution is -2.31. The Balaban J connectivity index is 2.89. The molecule has 5 heteroatoms. The van der Waals surface area contributed by atoms with Crippen LogP contribution in [0, 0.1) is 17.2 Å². The lowest BCUT2D eigenvalue weighted by atomic mass is 10.1. The van der Waals surface area contributed by atoms with Gasteiger partial charge in [-0.3, -0.25) is 4.79 Å². The number of halogens is 1. The smallest absolute Gasteiger partial charge is 0.240 e. The van der Waals surface area contributed by atoms with Gasteiger partial charge in [0.2, 0.25) is 5.91 Å². The van der Waals surface area contributed by atoms with E-state index >= 15 is 0 Å². The van der Waals surface area contributed by atoms with Gasteiger partial charge in [-0.2, -0.15) is 5.26 Å². The molecule has 0 aliphatic rings. The van der Waals surface area contributed by atoms with E-state index in [4.69, 9.17) is 10.00 Å². The summed E-state index contributed by atoms with van der Waals surface area (Å²) in [6.45, 7) is 8.18. The predicted molar refractivity (Wildman–Crippen MR) is 83.1 cm³/mol. The van der Waals surface area contributed by atoms with Crippen LogP contribution in [0.1, 0.15) is 33.3 Å². The van der Waals surface area contributed by atoms with Crippen molar-refractivity contribution in [3.05, 3.63) is 23.8 Å². The first-order chi connectivity index (χ1) is 9.24. The zero-order chi connectivity index (χ0) is 15.3. The van der Waals surface area contributed by atoms with Crippen LogP contribution < -0.4 is 10.1 Å². The lowest BCUT2D eigenvalue weighted by molar-refractivity contribution is -0.117. The van der Waals surface area contributed by atoms with Crippen molar-refractivity contribution < 1.29 is 9.53 Å². The number of rotatable bonds is 5. The molecule has 0 unspecified atom stereocenters. The van der Waals surface area contributed by atoms with E-state index in [2.05, 4.69) is 41.2 Å². The summed E-state index contributed by atoms with van der Waals surface area (Å²) >= 11 is 3.28. The molecule has 0 aliphatic carbocycles. The van der Waals surface area contributed by atoms with Gasteiger partial charge in [-0.25, -0.2) is 0 Å². The molecular formula is C15H19BrN2O2. The van der Waals surface area contributed by atoms with E-state index in [9.17, 15) is 4.79 Å². The molecule has 20 heavy (non-hydrogen) atoms. The number of carbonyl (C=O) groups excluding carboxylic acids is 1. The van der Waals surface area contributed by atoms with Gasteiger partial charge in [0.1, 0.15) is 11.8 Å². The van der Waals surface area contributed by atoms with Crippen LogP contribution in [0.3, 0.4) is 0 Å². The zero-order valence-corrected chi connectivity index (χ0v) is 13.7. The van der Waals surface area contributed by atoms with E-state index in [-0.39, 0.29) is 5.91 Å². The molecule has 0 saturated heterocycles. The quantitative estimate of drug-likeness (QED) is 0.832. The largest absolute Gasteiger partial charge is 0.493 e. The van der Waals surface area contributed by atoms with Gasteiger partial charge in [-0.1, -0.05) is 29.8 Å². The second-order valence-electron chi connectivity index (χ2n) is 5.45. The summed E-state index contributed by atoms with van der Waals surface area (Å²) in [4.78, 5) is 11.9. The Hall–Kier alpha value is -1.54. The minimum atomic E-state index is -0.688. The normalized spacial score (nSPS) is 11.1. The summed E-state index contributed by atoms with van der Waals surface area (Å²) < 4.78 is 4.88. The van der Waals surface area contributed by atoms with Crippen LogP contribution in [0.25, 0.3) is 0 Å². The highest BCUT2D eigenvalue weighted by Gasteiger charge is 2.24. The number of ether oxygens (including phenoxy) is 1. The molecule has 1 amide bonds. The van der Waals surface area contributed by atoms with Gasteiger partial charge in [0.05, 0.1) is 22.2 Å². The first-order valence-electron chi connectivity index (χ1n) is 6.41. The van der Waals surface area contributed by atoms with E-state index < -0.39 is 4.32 Å². The summed E-state index contributed by atoms with van der Waals surface area (Å²) in [7, 11) is 0. The third-order valence-electron chi connectivity index (χ3n) is 2.48. The van der Waals surface area contributed by atoms with E-state index in [1.165, 1.54) is 0 Å². The molecule has 1 rings (SSSR count). The number of anilines is 1. The second-order valence-corrected chi connectivity index (χ2v) is 7.43. The third kappa shape index (κ3) is 4.86. The van der Waals surface area contributed by atoms with E-state index in [1.54, 1.807) is 32.0 Å². The maximum Gasteiger partial charge on any atom is 0.240 e. The molecule has 4 nitrogen and oxygen atoms in total. The second kappa shape index (κ2) is 6.76. The summed E-state index contributed by atoms with van der Waals surface area (Å²) in [6.07, 6.45) is 0. The lowest BCUT2D eigenvalue weighted by Gasteiger charge is -2.17. The number of amides is 1. The Kier molecular flexibility index (Phi) is 5.58. The van der Waals surface area contributed by atoms with Gasteiger partial charge >= 0.3 is 0 Å². The van der Waals surface area contributed by atoms with E-state index in [0.29, 0.717) is 29.5 Å². The maximum atomic E-state index is 11.9. The molecule has 0 bridgehead atoms. The van der Waals surface area contributed by atoms with Crippen molar-refractivity contribution in [2.24, 2.45) is 5.92 Å². The minimum Gasteiger partial charge on any atom is -0.493 e. The van der Waals surface area contributed by atoms with Crippen LogP contribution in [-0.2, 0) is 4.79 Å². The first-order valence-corrected chi connectivity index (χ1v) is 7.20. The molecule has 1 aromatic carbocycles. The molecule has 0 atom stereocenters. The Labute approximate surface area is 128 Å². The average Bonchev–Trinajstić information content (AvgIpc) is 2.36. The number of hydrogen-bond donors (Lipinski definition) is 1. The molecule has 0 fully saturated rings. The number of carbonyl (C=O) groups is 1. The average molecular weight is 339 g/mol. The van der Waals surface area contributed by atoms with Crippen LogP contribution in [-0.4, -0.2) is 16.8 Å². The summed E-state index contributed by atoms with van der Waals surface area (Å²) in [5.74, 6) is 0.838. The van der Waals surface area contributed by atoms with Gasteiger partial charge in [-0.05, 0) is 38.0 Å². The number of nitriles is 1. The summed E-state index contributed by atoms with van der Waals surface area (Å²) in [5.41, 5.74) is 0.873. The SMILES string of the molecule is CC(C)COc1ccc(NC(=O)C(C)(C)Br)c(C#N)c1. The number of nitrogens with zero attached hydrogens (tertiary/aromatic N) is 1. The number of hydrogen-bond acceptors (Lipinski definition) is 3. The van der Waals surface area contributed by atoms with Crippen molar-refractivity contribution >= 4 is 27.5 Å². The molecule has 108 valence electrons. The van der Waals surface area contributed by atoms with Crippen molar-refractivity contribution in [3.63, 3.8) is 0 Å². The molecule has 0 spiro atoms. The van der Waals surface area contributed by atoms with Crippen molar-refractivity contribution in [1.82, 2.24) is 0 Å². The Morgan fingerprint density at radius 2 is 2.15 bits per heavy atom. The number of alkyl halides is 1. The molecular weight excluding hydrogens is 320 g/mol. The monoisotopic (exact) mass is 338 g/mol. The minimum absolute atomic E-state index is 0.204. The number of benzene rings is 1. The topological polar surface area (TPSA) is 62.1 Å². The van der Waals surface area contributed by atoms with Crippen molar-refractivity contribution in [2.45, 2.75) is 32.0 Å². The molecule has 0 heterocycles. The molecule has 0 aromatic heterocycles. The fraction of sp³-hybridized carbons (Fsp3) is 0.467. The molecule has 1 N–H and O–H groups in total. The highest BCUT2D eigenvalue weighted by atomic mass is 79.9. The molecule has 0 saturated carbocycles. The Morgan fingerprint density at radius 3 is 2.65 bits per heavy atom. The van der Waals surface area contributed by atoms with E-state index in [1.807, 2.05) is 0 Å². The molecule has 1 aromatic rings. The van der Waals surface area contributed by atoms with Gasteiger partial charge in [0.15, 0.2) is 0 Å². The summed E-state index contributed by atoms with van der Waals surface area (Å²) in [6, 6.07) is 7.14. The fourth-order valence-electron chi connectivity index (χ4n) is 1.35. The predicted octanol–water partition coefficient (Wildman–Crippen LogP) is 3.71. The third-order valence-corrected chi connectivity index (χ3v) is 2.84. The highest BCUT2D eigenvalue weighted by Crippen LogP contribution is 2.24. The van der Waals surface area contributed by atoms with Crippen molar-refractivity contribution in [1.29, 1.82) is 5.26 Å². The number of nitrogens with one attached hydrogen (secondary N) is 1. The molecule has 0 radical (unpaired) electrons. The standard InChI is InChI=1S/C15H19BrN2O2/c1-10(2)9-20-12-5-6-13(11(7-12)8-17)18-14(19)15(3,4)16/h5-7,10H,9H2,1-4H3,(H,18,19). The van der Waals surface area contributed by atoms with Gasteiger partial charge < -0.3 is 10.1 Å². The summed E-state index contributed by atoms with van der Waals surface area (Å²) in [5, 5.41) is 11.9. The van der Waals surface area contributed by atoms with E-state index in [0.717, 1.165) is 0 Å². The van der Waals surface area contributed by atoms with Gasteiger partial charge in [0.25, 0.3) is 0 Å². The van der Waals surface area contributed by atoms with Crippen LogP contribution >= 0.6 is 15.9 Å². The van der Waals surface area contributed by atoms with Crippen molar-refractivity contribution in [3.8, 4) is 11.8 Å². The van der Waals surface area contributed by atoms with Gasteiger partial charge in [-0.15, -0.1) is 0 Å². The fourth-order valence-corrected chi connectivity index (χ4v) is 1.45. The van der Waals surface area contributed by atoms with Gasteiger partial charge in [0, 0.05) is 0 Å². The van der Waals surface area contributed by atoms with Crippen molar-refractivity contribution in [2.75, 3.05) is 11.9 Å². The maximum absolute atomic E-state index is 11.9. The van der Waals surface area contributed by atoms with Crippen LogP contribution in [0.5, 0.6) is 5.75 Å². The van der Waals surface area contributed by atoms with Crippen LogP contribution in [0.15, 0.2) is 18.2 Å². The first kappa shape index (κ1) is 16.5. The van der Waals surface area contributed by atoms with Crippen LogP contribution in [0.4, 0.5) is 5.69 Å². The van der Waals surface area contributed by atoms with Crippen LogP contribution in [0.2, 0.25) is 0 Å². The Bertz CT molecular complexity index is 528. The molecule has 0 aliphatic heterocycles.